The number of methoxy groups -OCH3 is 2. The molecule has 2 rings (SSSR count). The lowest BCUT2D eigenvalue weighted by molar-refractivity contribution is -0.138. The van der Waals surface area contributed by atoms with E-state index in [0.29, 0.717) is 17.0 Å². The molecule has 0 aliphatic carbocycles. The smallest absolute Gasteiger partial charge is 0.326 e. The Bertz CT molecular complexity index is 860. The van der Waals surface area contributed by atoms with Crippen molar-refractivity contribution < 1.29 is 22.7 Å². The molecule has 0 saturated heterocycles. The van der Waals surface area contributed by atoms with E-state index in [1.807, 2.05) is 6.92 Å². The lowest BCUT2D eigenvalue weighted by Gasteiger charge is -2.24. The number of aryl methyl sites for hydroxylation is 2. The summed E-state index contributed by atoms with van der Waals surface area (Å²) in [7, 11) is -1.20. The summed E-state index contributed by atoms with van der Waals surface area (Å²) >= 11 is 0. The van der Waals surface area contributed by atoms with Gasteiger partial charge in [-0.3, -0.25) is 9.10 Å². The van der Waals surface area contributed by atoms with Gasteiger partial charge in [-0.15, -0.1) is 0 Å². The Kier molecular flexibility index (Phi) is 5.69. The van der Waals surface area contributed by atoms with Gasteiger partial charge in [-0.2, -0.15) is 0 Å². The lowest BCUT2D eigenvalue weighted by atomic mass is 10.2. The molecule has 2 aromatic carbocycles. The van der Waals surface area contributed by atoms with Crippen molar-refractivity contribution >= 4 is 21.7 Å². The SMILES string of the molecule is COC(=O)CN(c1ccc(C)cc1)S(=O)(=O)c1ccc(OC)c(C)c1. The molecule has 0 radical (unpaired) electrons. The average Bonchev–Trinajstić information content (AvgIpc) is 2.60. The summed E-state index contributed by atoms with van der Waals surface area (Å²) < 4.78 is 37.1. The van der Waals surface area contributed by atoms with Crippen LogP contribution in [0.5, 0.6) is 5.75 Å². The van der Waals surface area contributed by atoms with Crippen LogP contribution in [0.4, 0.5) is 5.69 Å². The van der Waals surface area contributed by atoms with Crippen LogP contribution < -0.4 is 9.04 Å². The number of sulfonamides is 1. The summed E-state index contributed by atoms with van der Waals surface area (Å²) in [4.78, 5) is 11.8. The van der Waals surface area contributed by atoms with Crippen molar-refractivity contribution in [2.45, 2.75) is 18.7 Å². The third kappa shape index (κ3) is 4.11. The molecular formula is C18H21NO5S. The minimum atomic E-state index is -3.94. The minimum absolute atomic E-state index is 0.0790. The predicted octanol–water partition coefficient (Wildman–Crippen LogP) is 2.68. The third-order valence-corrected chi connectivity index (χ3v) is 5.55. The van der Waals surface area contributed by atoms with E-state index >= 15 is 0 Å². The van der Waals surface area contributed by atoms with Gasteiger partial charge in [0.15, 0.2) is 0 Å². The largest absolute Gasteiger partial charge is 0.496 e. The van der Waals surface area contributed by atoms with Crippen LogP contribution in [0.2, 0.25) is 0 Å². The lowest BCUT2D eigenvalue weighted by Crippen LogP contribution is -2.36. The Hall–Kier alpha value is -2.54. The number of esters is 1. The molecule has 0 aromatic heterocycles. The zero-order chi connectivity index (χ0) is 18.6. The Labute approximate surface area is 148 Å². The van der Waals surface area contributed by atoms with Gasteiger partial charge in [-0.1, -0.05) is 17.7 Å². The number of hydrogen-bond acceptors (Lipinski definition) is 5. The number of carbonyl (C=O) groups excluding carboxylic acids is 1. The first-order chi connectivity index (χ1) is 11.8. The molecular weight excluding hydrogens is 342 g/mol. The van der Waals surface area contributed by atoms with E-state index in [2.05, 4.69) is 4.74 Å². The Morgan fingerprint density at radius 1 is 1.04 bits per heavy atom. The Balaban J connectivity index is 2.52. The number of ether oxygens (including phenoxy) is 2. The molecule has 0 atom stereocenters. The fourth-order valence-electron chi connectivity index (χ4n) is 2.35. The molecule has 0 heterocycles. The molecule has 0 bridgehead atoms. The second-order valence-electron chi connectivity index (χ2n) is 5.55. The molecule has 7 heteroatoms. The topological polar surface area (TPSA) is 72.9 Å². The van der Waals surface area contributed by atoms with E-state index < -0.39 is 22.5 Å². The van der Waals surface area contributed by atoms with E-state index in [0.717, 1.165) is 9.87 Å². The van der Waals surface area contributed by atoms with E-state index in [-0.39, 0.29) is 4.90 Å². The molecule has 0 N–H and O–H groups in total. The van der Waals surface area contributed by atoms with Crippen LogP contribution in [-0.4, -0.2) is 35.2 Å². The molecule has 6 nitrogen and oxygen atoms in total. The summed E-state index contributed by atoms with van der Waals surface area (Å²) in [6.45, 7) is 3.25. The fourth-order valence-corrected chi connectivity index (χ4v) is 3.84. The number of hydrogen-bond donors (Lipinski definition) is 0. The highest BCUT2D eigenvalue weighted by molar-refractivity contribution is 7.92. The van der Waals surface area contributed by atoms with Gasteiger partial charge in [-0.05, 0) is 49.7 Å². The fraction of sp³-hybridized carbons (Fsp3) is 0.278. The van der Waals surface area contributed by atoms with Gasteiger partial charge in [-0.25, -0.2) is 8.42 Å². The normalized spacial score (nSPS) is 11.0. The van der Waals surface area contributed by atoms with Crippen molar-refractivity contribution in [1.29, 1.82) is 0 Å². The van der Waals surface area contributed by atoms with Gasteiger partial charge in [0, 0.05) is 0 Å². The standard InChI is InChI=1S/C18H21NO5S/c1-13-5-7-15(8-6-13)19(12-18(20)24-4)25(21,22)16-9-10-17(23-3)14(2)11-16/h5-11H,12H2,1-4H3. The van der Waals surface area contributed by atoms with Crippen LogP contribution in [0, 0.1) is 13.8 Å². The zero-order valence-electron chi connectivity index (χ0n) is 14.6. The molecule has 0 unspecified atom stereocenters. The highest BCUT2D eigenvalue weighted by atomic mass is 32.2. The maximum Gasteiger partial charge on any atom is 0.326 e. The quantitative estimate of drug-likeness (QED) is 0.738. The van der Waals surface area contributed by atoms with Gasteiger partial charge in [0.05, 0.1) is 24.8 Å². The average molecular weight is 363 g/mol. The molecule has 0 aliphatic rings. The first kappa shape index (κ1) is 18.8. The first-order valence-corrected chi connectivity index (χ1v) is 9.04. The van der Waals surface area contributed by atoms with E-state index in [1.54, 1.807) is 37.3 Å². The summed E-state index contributed by atoms with van der Waals surface area (Å²) in [5, 5.41) is 0. The van der Waals surface area contributed by atoms with E-state index in [1.165, 1.54) is 26.4 Å². The van der Waals surface area contributed by atoms with E-state index in [9.17, 15) is 13.2 Å². The number of rotatable bonds is 6. The van der Waals surface area contributed by atoms with Crippen LogP contribution in [-0.2, 0) is 19.6 Å². The summed E-state index contributed by atoms with van der Waals surface area (Å²) in [5.41, 5.74) is 2.06. The zero-order valence-corrected chi connectivity index (χ0v) is 15.5. The first-order valence-electron chi connectivity index (χ1n) is 7.60. The van der Waals surface area contributed by atoms with Crippen LogP contribution in [0.15, 0.2) is 47.4 Å². The van der Waals surface area contributed by atoms with Gasteiger partial charge in [0.1, 0.15) is 12.3 Å². The molecule has 2 aromatic rings. The summed E-state index contributed by atoms with van der Waals surface area (Å²) in [6, 6.07) is 11.5. The van der Waals surface area contributed by atoms with Crippen LogP contribution >= 0.6 is 0 Å². The second-order valence-corrected chi connectivity index (χ2v) is 7.42. The highest BCUT2D eigenvalue weighted by Crippen LogP contribution is 2.27. The summed E-state index contributed by atoms with van der Waals surface area (Å²) in [6.07, 6.45) is 0. The van der Waals surface area contributed by atoms with Gasteiger partial charge < -0.3 is 9.47 Å². The monoisotopic (exact) mass is 363 g/mol. The molecule has 25 heavy (non-hydrogen) atoms. The molecule has 0 spiro atoms. The number of anilines is 1. The third-order valence-electron chi connectivity index (χ3n) is 3.78. The van der Waals surface area contributed by atoms with Gasteiger partial charge >= 0.3 is 5.97 Å². The highest BCUT2D eigenvalue weighted by Gasteiger charge is 2.28. The minimum Gasteiger partial charge on any atom is -0.496 e. The summed E-state index contributed by atoms with van der Waals surface area (Å²) in [5.74, 6) is -0.0526. The van der Waals surface area contributed by atoms with Gasteiger partial charge in [0.2, 0.25) is 0 Å². The maximum absolute atomic E-state index is 13.1. The predicted molar refractivity (Wildman–Crippen MR) is 95.5 cm³/mol. The van der Waals surface area contributed by atoms with Crippen molar-refractivity contribution in [3.05, 3.63) is 53.6 Å². The van der Waals surface area contributed by atoms with Crippen molar-refractivity contribution in [2.75, 3.05) is 25.1 Å². The van der Waals surface area contributed by atoms with Crippen LogP contribution in [0.3, 0.4) is 0 Å². The Morgan fingerprint density at radius 2 is 1.68 bits per heavy atom. The molecule has 134 valence electrons. The van der Waals surface area contributed by atoms with Crippen LogP contribution in [0.1, 0.15) is 11.1 Å². The van der Waals surface area contributed by atoms with Gasteiger partial charge in [0.25, 0.3) is 10.0 Å². The van der Waals surface area contributed by atoms with Crippen molar-refractivity contribution in [3.8, 4) is 5.75 Å². The molecule has 0 fully saturated rings. The van der Waals surface area contributed by atoms with Crippen molar-refractivity contribution in [2.24, 2.45) is 0 Å². The molecule has 0 saturated carbocycles. The maximum atomic E-state index is 13.1. The molecule has 0 aliphatic heterocycles. The number of carbonyl (C=O) groups is 1. The van der Waals surface area contributed by atoms with Crippen molar-refractivity contribution in [1.82, 2.24) is 0 Å². The number of benzene rings is 2. The van der Waals surface area contributed by atoms with Crippen molar-refractivity contribution in [3.63, 3.8) is 0 Å². The second kappa shape index (κ2) is 7.57. The number of nitrogens with zero attached hydrogens (tertiary/aromatic N) is 1. The molecule has 0 amide bonds. The Morgan fingerprint density at radius 3 is 2.20 bits per heavy atom. The van der Waals surface area contributed by atoms with Crippen LogP contribution in [0.25, 0.3) is 0 Å². The van der Waals surface area contributed by atoms with E-state index in [4.69, 9.17) is 4.74 Å².